The summed E-state index contributed by atoms with van der Waals surface area (Å²) in [5.74, 6) is 0.0592. The maximum Gasteiger partial charge on any atom is 0.168 e. The summed E-state index contributed by atoms with van der Waals surface area (Å²) in [6.07, 6.45) is 1.05. The number of ketones is 1. The average molecular weight is 389 g/mol. The predicted molar refractivity (Wildman–Crippen MR) is 84.8 cm³/mol. The molecule has 0 bridgehead atoms. The van der Waals surface area contributed by atoms with E-state index in [9.17, 15) is 4.79 Å². The van der Waals surface area contributed by atoms with Crippen molar-refractivity contribution in [2.45, 2.75) is 19.8 Å². The first-order valence-electron chi connectivity index (χ1n) is 6.02. The molecule has 0 radical (unpaired) electrons. The molecule has 0 saturated heterocycles. The first-order valence-corrected chi connectivity index (χ1v) is 7.47. The molecule has 2 aromatic rings. The molecule has 0 N–H and O–H groups in total. The van der Waals surface area contributed by atoms with Gasteiger partial charge in [-0.25, -0.2) is 0 Å². The van der Waals surface area contributed by atoms with Crippen LogP contribution in [0.4, 0.5) is 0 Å². The Morgan fingerprint density at radius 3 is 2.53 bits per heavy atom. The van der Waals surface area contributed by atoms with Gasteiger partial charge in [0.15, 0.2) is 5.78 Å². The van der Waals surface area contributed by atoms with E-state index in [-0.39, 0.29) is 12.2 Å². The quantitative estimate of drug-likeness (QED) is 0.592. The Morgan fingerprint density at radius 2 is 2.00 bits per heavy atom. The molecule has 0 fully saturated rings. The zero-order valence-electron chi connectivity index (χ0n) is 10.8. The third-order valence-electron chi connectivity index (χ3n) is 3.00. The van der Waals surface area contributed by atoms with Crippen LogP contribution in [0.25, 0.3) is 0 Å². The lowest BCUT2D eigenvalue weighted by Gasteiger charge is -2.03. The van der Waals surface area contributed by atoms with E-state index in [2.05, 4.69) is 27.7 Å². The van der Waals surface area contributed by atoms with Crippen molar-refractivity contribution in [3.8, 4) is 0 Å². The fourth-order valence-electron chi connectivity index (χ4n) is 1.90. The number of rotatable bonds is 4. The van der Waals surface area contributed by atoms with Gasteiger partial charge in [-0.15, -0.1) is 0 Å². The zero-order chi connectivity index (χ0) is 14.0. The van der Waals surface area contributed by atoms with Crippen LogP contribution in [0.2, 0.25) is 5.02 Å². The van der Waals surface area contributed by atoms with Crippen LogP contribution in [0.15, 0.2) is 24.3 Å². The van der Waals surface area contributed by atoms with Gasteiger partial charge in [0, 0.05) is 16.2 Å². The highest BCUT2D eigenvalue weighted by atomic mass is 127. The van der Waals surface area contributed by atoms with Gasteiger partial charge in [-0.2, -0.15) is 5.10 Å². The number of Topliss-reactive ketones (excluding diaryl/α,β-unsaturated/α-hetero) is 1. The van der Waals surface area contributed by atoms with Crippen molar-refractivity contribution in [1.29, 1.82) is 0 Å². The number of carbonyl (C=O) groups is 1. The maximum absolute atomic E-state index is 12.2. The highest BCUT2D eigenvalue weighted by molar-refractivity contribution is 14.1. The van der Waals surface area contributed by atoms with Crippen LogP contribution in [-0.2, 0) is 19.9 Å². The Morgan fingerprint density at radius 1 is 1.37 bits per heavy atom. The van der Waals surface area contributed by atoms with Crippen molar-refractivity contribution >= 4 is 40.0 Å². The van der Waals surface area contributed by atoms with Crippen molar-refractivity contribution in [2.24, 2.45) is 7.05 Å². The van der Waals surface area contributed by atoms with Gasteiger partial charge < -0.3 is 0 Å². The van der Waals surface area contributed by atoms with Crippen LogP contribution in [0.1, 0.15) is 28.7 Å². The summed E-state index contributed by atoms with van der Waals surface area (Å²) in [6, 6.07) is 7.54. The minimum Gasteiger partial charge on any atom is -0.294 e. The number of nitrogens with zero attached hydrogens (tertiary/aromatic N) is 2. The molecule has 1 aromatic heterocycles. The maximum atomic E-state index is 12.2. The molecule has 0 aliphatic carbocycles. The molecule has 0 aliphatic rings. The normalized spacial score (nSPS) is 10.7. The van der Waals surface area contributed by atoms with Gasteiger partial charge in [-0.05, 0) is 41.1 Å². The summed E-state index contributed by atoms with van der Waals surface area (Å²) >= 11 is 8.47. The van der Waals surface area contributed by atoms with E-state index in [1.54, 1.807) is 4.68 Å². The molecule has 19 heavy (non-hydrogen) atoms. The molecule has 100 valence electrons. The molecule has 0 saturated carbocycles. The van der Waals surface area contributed by atoms with Crippen LogP contribution >= 0.6 is 34.2 Å². The Hall–Kier alpha value is -0.880. The van der Waals surface area contributed by atoms with Crippen molar-refractivity contribution in [1.82, 2.24) is 9.78 Å². The van der Waals surface area contributed by atoms with Gasteiger partial charge in [-0.1, -0.05) is 30.7 Å². The van der Waals surface area contributed by atoms with E-state index in [0.717, 1.165) is 21.4 Å². The van der Waals surface area contributed by atoms with Gasteiger partial charge in [0.1, 0.15) is 0 Å². The molecule has 0 amide bonds. The van der Waals surface area contributed by atoms with Gasteiger partial charge in [-0.3, -0.25) is 9.48 Å². The molecule has 0 atom stereocenters. The largest absolute Gasteiger partial charge is 0.294 e. The summed E-state index contributed by atoms with van der Waals surface area (Å²) < 4.78 is 2.81. The number of aryl methyl sites for hydroxylation is 2. The smallest absolute Gasteiger partial charge is 0.168 e. The van der Waals surface area contributed by atoms with Crippen LogP contribution in [0, 0.1) is 3.57 Å². The van der Waals surface area contributed by atoms with Crippen LogP contribution < -0.4 is 0 Å². The Bertz CT molecular complexity index is 605. The van der Waals surface area contributed by atoms with Crippen molar-refractivity contribution < 1.29 is 4.79 Å². The zero-order valence-corrected chi connectivity index (χ0v) is 13.7. The van der Waals surface area contributed by atoms with E-state index < -0.39 is 0 Å². The molecular weight excluding hydrogens is 375 g/mol. The molecule has 0 aliphatic heterocycles. The molecular formula is C14H14ClIN2O. The molecule has 1 heterocycles. The van der Waals surface area contributed by atoms with E-state index >= 15 is 0 Å². The fourth-order valence-corrected chi connectivity index (χ4v) is 2.62. The second-order valence-electron chi connectivity index (χ2n) is 4.29. The number of hydrogen-bond acceptors (Lipinski definition) is 2. The van der Waals surface area contributed by atoms with E-state index in [1.165, 1.54) is 0 Å². The highest BCUT2D eigenvalue weighted by Gasteiger charge is 2.17. The van der Waals surface area contributed by atoms with Crippen molar-refractivity contribution in [2.75, 3.05) is 0 Å². The van der Waals surface area contributed by atoms with Crippen LogP contribution in [-0.4, -0.2) is 15.6 Å². The second kappa shape index (κ2) is 6.05. The number of benzene rings is 1. The van der Waals surface area contributed by atoms with Gasteiger partial charge in [0.05, 0.1) is 22.8 Å². The second-order valence-corrected chi connectivity index (χ2v) is 5.91. The number of aromatic nitrogens is 2. The topological polar surface area (TPSA) is 34.9 Å². The lowest BCUT2D eigenvalue weighted by Crippen LogP contribution is -2.08. The highest BCUT2D eigenvalue weighted by Crippen LogP contribution is 2.22. The summed E-state index contributed by atoms with van der Waals surface area (Å²) in [4.78, 5) is 12.2. The molecule has 5 heteroatoms. The third kappa shape index (κ3) is 3.17. The fraction of sp³-hybridized carbons (Fsp3) is 0.286. The predicted octanol–water partition coefficient (Wildman–Crippen LogP) is 3.67. The standard InChI is InChI=1S/C14H14ClIN2O/c1-3-11-14(15)12(18(2)17-11)8-13(19)9-4-6-10(16)7-5-9/h4-7H,3,8H2,1-2H3. The van der Waals surface area contributed by atoms with E-state index in [0.29, 0.717) is 10.6 Å². The number of halogens is 2. The van der Waals surface area contributed by atoms with Gasteiger partial charge in [0.2, 0.25) is 0 Å². The van der Waals surface area contributed by atoms with Crippen LogP contribution in [0.5, 0.6) is 0 Å². The minimum absolute atomic E-state index is 0.0592. The first kappa shape index (κ1) is 14.5. The first-order chi connectivity index (χ1) is 9.02. The lowest BCUT2D eigenvalue weighted by atomic mass is 10.1. The lowest BCUT2D eigenvalue weighted by molar-refractivity contribution is 0.0990. The molecule has 3 nitrogen and oxygen atoms in total. The summed E-state index contributed by atoms with van der Waals surface area (Å²) in [7, 11) is 1.82. The third-order valence-corrected chi connectivity index (χ3v) is 4.15. The minimum atomic E-state index is 0.0592. The monoisotopic (exact) mass is 388 g/mol. The molecule has 1 aromatic carbocycles. The number of hydrogen-bond donors (Lipinski definition) is 0. The Kier molecular flexibility index (Phi) is 4.62. The van der Waals surface area contributed by atoms with E-state index in [4.69, 9.17) is 11.6 Å². The van der Waals surface area contributed by atoms with Gasteiger partial charge >= 0.3 is 0 Å². The van der Waals surface area contributed by atoms with Crippen molar-refractivity contribution in [3.63, 3.8) is 0 Å². The SMILES string of the molecule is CCc1nn(C)c(CC(=O)c2ccc(I)cc2)c1Cl. The Labute approximate surface area is 131 Å². The molecule has 2 rings (SSSR count). The summed E-state index contributed by atoms with van der Waals surface area (Å²) in [5, 5.41) is 4.94. The molecule has 0 unspecified atom stereocenters. The number of carbonyl (C=O) groups excluding carboxylic acids is 1. The van der Waals surface area contributed by atoms with E-state index in [1.807, 2.05) is 38.2 Å². The summed E-state index contributed by atoms with van der Waals surface area (Å²) in [6.45, 7) is 2.00. The van der Waals surface area contributed by atoms with Crippen molar-refractivity contribution in [3.05, 3.63) is 49.8 Å². The van der Waals surface area contributed by atoms with Crippen LogP contribution in [0.3, 0.4) is 0 Å². The summed E-state index contributed by atoms with van der Waals surface area (Å²) in [5.41, 5.74) is 2.33. The molecule has 0 spiro atoms. The Balaban J connectivity index is 2.24. The van der Waals surface area contributed by atoms with Gasteiger partial charge in [0.25, 0.3) is 0 Å². The average Bonchev–Trinajstić information content (AvgIpc) is 2.67.